The van der Waals surface area contributed by atoms with Crippen molar-refractivity contribution in [3.63, 3.8) is 0 Å². The highest BCUT2D eigenvalue weighted by Crippen LogP contribution is 2.24. The monoisotopic (exact) mass is 183 g/mol. The zero-order chi connectivity index (χ0) is 10.5. The smallest absolute Gasteiger partial charge is 0.0957 e. The molecule has 2 atom stereocenters. The van der Waals surface area contributed by atoms with Crippen LogP contribution in [0.4, 0.5) is 0 Å². The molecule has 0 amide bonds. The molecule has 0 fully saturated rings. The molecule has 0 aliphatic carbocycles. The number of terminal acetylenes is 1. The Kier molecular flexibility index (Phi) is 5.05. The molecule has 2 heteroatoms. The fourth-order valence-electron chi connectivity index (χ4n) is 1.46. The predicted molar refractivity (Wildman–Crippen MR) is 56.5 cm³/mol. The van der Waals surface area contributed by atoms with Gasteiger partial charge < -0.3 is 10.1 Å². The minimum absolute atomic E-state index is 0.00463. The molecule has 2 nitrogen and oxygen atoms in total. The van der Waals surface area contributed by atoms with E-state index in [0.29, 0.717) is 0 Å². The van der Waals surface area contributed by atoms with Crippen molar-refractivity contribution in [3.05, 3.63) is 0 Å². The lowest BCUT2D eigenvalue weighted by Gasteiger charge is -2.33. The van der Waals surface area contributed by atoms with Gasteiger partial charge >= 0.3 is 0 Å². The predicted octanol–water partition coefficient (Wildman–Crippen LogP) is 1.66. The summed E-state index contributed by atoms with van der Waals surface area (Å²) in [5.41, 5.74) is 0.0634. The number of likely N-dealkylation sites (N-methyl/N-ethyl adjacent to an activating group) is 1. The number of hydrogen-bond donors (Lipinski definition) is 1. The molecule has 2 unspecified atom stereocenters. The third kappa shape index (κ3) is 3.80. The van der Waals surface area contributed by atoms with Crippen molar-refractivity contribution in [2.45, 2.75) is 39.8 Å². The van der Waals surface area contributed by atoms with E-state index in [1.165, 1.54) is 0 Å². The quantitative estimate of drug-likeness (QED) is 0.669. The number of hydrogen-bond acceptors (Lipinski definition) is 2. The molecular weight excluding hydrogens is 162 g/mol. The molecule has 0 aliphatic rings. The maximum atomic E-state index is 5.44. The highest BCUT2D eigenvalue weighted by molar-refractivity contribution is 5.05. The van der Waals surface area contributed by atoms with Gasteiger partial charge in [-0.1, -0.05) is 33.6 Å². The van der Waals surface area contributed by atoms with Crippen LogP contribution in [0.1, 0.15) is 27.7 Å². The molecule has 0 spiro atoms. The maximum Gasteiger partial charge on any atom is 0.0957 e. The second-order valence-corrected chi connectivity index (χ2v) is 4.22. The van der Waals surface area contributed by atoms with Gasteiger partial charge in [0.25, 0.3) is 0 Å². The molecule has 0 aliphatic heterocycles. The first-order valence-corrected chi connectivity index (χ1v) is 4.69. The summed E-state index contributed by atoms with van der Waals surface area (Å²) < 4.78 is 5.42. The number of nitrogens with one attached hydrogen (secondary N) is 1. The van der Waals surface area contributed by atoms with Gasteiger partial charge in [-0.05, 0) is 12.0 Å². The van der Waals surface area contributed by atoms with Gasteiger partial charge in [-0.25, -0.2) is 0 Å². The lowest BCUT2D eigenvalue weighted by molar-refractivity contribution is 0.00272. The highest BCUT2D eigenvalue weighted by Gasteiger charge is 2.30. The molecule has 76 valence electrons. The Balaban J connectivity index is 4.46. The van der Waals surface area contributed by atoms with Gasteiger partial charge in [-0.2, -0.15) is 0 Å². The van der Waals surface area contributed by atoms with E-state index < -0.39 is 0 Å². The first-order chi connectivity index (χ1) is 5.97. The molecule has 13 heavy (non-hydrogen) atoms. The summed E-state index contributed by atoms with van der Waals surface area (Å²) in [6, 6.07) is -0.00463. The molecule has 0 saturated heterocycles. The summed E-state index contributed by atoms with van der Waals surface area (Å²) in [7, 11) is 1.71. The molecule has 0 saturated carbocycles. The third-order valence-electron chi connectivity index (χ3n) is 2.01. The van der Waals surface area contributed by atoms with Crippen LogP contribution >= 0.6 is 0 Å². The van der Waals surface area contributed by atoms with Gasteiger partial charge in [0.15, 0.2) is 0 Å². The van der Waals surface area contributed by atoms with Crippen molar-refractivity contribution in [2.75, 3.05) is 13.7 Å². The fraction of sp³-hybridized carbons (Fsp3) is 0.818. The zero-order valence-electron chi connectivity index (χ0n) is 9.35. The number of methoxy groups -OCH3 is 1. The Morgan fingerprint density at radius 3 is 2.23 bits per heavy atom. The van der Waals surface area contributed by atoms with Crippen molar-refractivity contribution in [1.82, 2.24) is 5.32 Å². The van der Waals surface area contributed by atoms with Gasteiger partial charge in [-0.15, -0.1) is 6.42 Å². The average molecular weight is 183 g/mol. The van der Waals surface area contributed by atoms with Crippen molar-refractivity contribution in [1.29, 1.82) is 0 Å². The fourth-order valence-corrected chi connectivity index (χ4v) is 1.46. The first kappa shape index (κ1) is 12.5. The zero-order valence-corrected chi connectivity index (χ0v) is 9.35. The second kappa shape index (κ2) is 5.26. The first-order valence-electron chi connectivity index (χ1n) is 4.69. The SMILES string of the molecule is C#CC(NCC)C(OC)C(C)(C)C. The van der Waals surface area contributed by atoms with Crippen LogP contribution in [0.5, 0.6) is 0 Å². The molecule has 0 heterocycles. The summed E-state index contributed by atoms with van der Waals surface area (Å²) in [5, 5.41) is 3.23. The van der Waals surface area contributed by atoms with Crippen LogP contribution in [0.15, 0.2) is 0 Å². The molecule has 0 aromatic carbocycles. The lowest BCUT2D eigenvalue weighted by Crippen LogP contribution is -2.46. The van der Waals surface area contributed by atoms with Crippen LogP contribution < -0.4 is 5.32 Å². The topological polar surface area (TPSA) is 21.3 Å². The van der Waals surface area contributed by atoms with Crippen LogP contribution in [0.25, 0.3) is 0 Å². The maximum absolute atomic E-state index is 5.44. The molecule has 1 N–H and O–H groups in total. The van der Waals surface area contributed by atoms with E-state index in [2.05, 4.69) is 32.0 Å². The van der Waals surface area contributed by atoms with Crippen molar-refractivity contribution in [3.8, 4) is 12.3 Å². The Hall–Kier alpha value is -0.520. The second-order valence-electron chi connectivity index (χ2n) is 4.22. The van der Waals surface area contributed by atoms with Crippen LogP contribution in [0, 0.1) is 17.8 Å². The summed E-state index contributed by atoms with van der Waals surface area (Å²) in [6.07, 6.45) is 5.49. The molecule has 0 rings (SSSR count). The van der Waals surface area contributed by atoms with Gasteiger partial charge in [0.05, 0.1) is 12.1 Å². The number of ether oxygens (including phenoxy) is 1. The van der Waals surface area contributed by atoms with E-state index in [9.17, 15) is 0 Å². The molecule has 0 bridgehead atoms. The van der Waals surface area contributed by atoms with E-state index in [0.717, 1.165) is 6.54 Å². The van der Waals surface area contributed by atoms with Crippen molar-refractivity contribution < 1.29 is 4.74 Å². The van der Waals surface area contributed by atoms with Crippen LogP contribution in [0.3, 0.4) is 0 Å². The Labute approximate surface area is 82.1 Å². The van der Waals surface area contributed by atoms with E-state index in [-0.39, 0.29) is 17.6 Å². The van der Waals surface area contributed by atoms with Crippen LogP contribution in [-0.4, -0.2) is 25.8 Å². The lowest BCUT2D eigenvalue weighted by atomic mass is 9.84. The largest absolute Gasteiger partial charge is 0.378 e. The summed E-state index contributed by atoms with van der Waals surface area (Å²) >= 11 is 0. The Bertz CT molecular complexity index is 176. The molecular formula is C11H21NO. The van der Waals surface area contributed by atoms with Gasteiger partial charge in [-0.3, -0.25) is 0 Å². The minimum atomic E-state index is -0.00463. The minimum Gasteiger partial charge on any atom is -0.378 e. The highest BCUT2D eigenvalue weighted by atomic mass is 16.5. The molecule has 0 radical (unpaired) electrons. The Morgan fingerprint density at radius 1 is 1.46 bits per heavy atom. The third-order valence-corrected chi connectivity index (χ3v) is 2.01. The normalized spacial score (nSPS) is 16.3. The van der Waals surface area contributed by atoms with Crippen molar-refractivity contribution >= 4 is 0 Å². The van der Waals surface area contributed by atoms with E-state index >= 15 is 0 Å². The van der Waals surface area contributed by atoms with Gasteiger partial charge in [0.1, 0.15) is 0 Å². The van der Waals surface area contributed by atoms with E-state index in [1.54, 1.807) is 7.11 Å². The number of rotatable bonds is 4. The van der Waals surface area contributed by atoms with Gasteiger partial charge in [0, 0.05) is 7.11 Å². The standard InChI is InChI=1S/C11H21NO/c1-7-9(12-8-2)10(13-6)11(3,4)5/h1,9-10,12H,8H2,2-6H3. The van der Waals surface area contributed by atoms with Gasteiger partial charge in [0.2, 0.25) is 0 Å². The summed E-state index contributed by atoms with van der Waals surface area (Å²) in [5.74, 6) is 2.72. The Morgan fingerprint density at radius 2 is 2.00 bits per heavy atom. The average Bonchev–Trinajstić information content (AvgIpc) is 2.01. The molecule has 0 aromatic heterocycles. The molecule has 0 aromatic rings. The summed E-state index contributed by atoms with van der Waals surface area (Å²) in [6.45, 7) is 9.29. The summed E-state index contributed by atoms with van der Waals surface area (Å²) in [4.78, 5) is 0. The van der Waals surface area contributed by atoms with Crippen molar-refractivity contribution in [2.24, 2.45) is 5.41 Å². The van der Waals surface area contributed by atoms with E-state index in [4.69, 9.17) is 11.2 Å². The van der Waals surface area contributed by atoms with Crippen LogP contribution in [0.2, 0.25) is 0 Å². The van der Waals surface area contributed by atoms with E-state index in [1.807, 2.05) is 6.92 Å². The van der Waals surface area contributed by atoms with Crippen LogP contribution in [-0.2, 0) is 4.74 Å².